The number of benzene rings is 3. The number of urea groups is 1. The zero-order valence-corrected chi connectivity index (χ0v) is 20.4. The number of halogens is 5. The minimum atomic E-state index is -4.60. The minimum absolute atomic E-state index is 0.100. The zero-order valence-electron chi connectivity index (χ0n) is 19.6. The normalized spacial score (nSPS) is 13.0. The third-order valence-electron chi connectivity index (χ3n) is 5.85. The van der Waals surface area contributed by atoms with Gasteiger partial charge in [-0.05, 0) is 66.1 Å². The predicted molar refractivity (Wildman–Crippen MR) is 135 cm³/mol. The average Bonchev–Trinajstić information content (AvgIpc) is 2.86. The Balaban J connectivity index is 1.87. The van der Waals surface area contributed by atoms with Crippen molar-refractivity contribution in [3.63, 3.8) is 0 Å². The molecule has 1 atom stereocenters. The highest BCUT2D eigenvalue weighted by Crippen LogP contribution is 2.37. The first-order chi connectivity index (χ1) is 17.6. The number of alkyl halides is 3. The third-order valence-corrected chi connectivity index (χ3v) is 6.14. The van der Waals surface area contributed by atoms with Crippen LogP contribution in [0.4, 0.5) is 28.0 Å². The Bertz CT molecular complexity index is 1410. The quantitative estimate of drug-likeness (QED) is 0.255. The summed E-state index contributed by atoms with van der Waals surface area (Å²) in [6.07, 6.45) is -2.96. The summed E-state index contributed by atoms with van der Waals surface area (Å²) >= 11 is 5.84. The molecule has 2 amide bonds. The molecule has 1 aromatic heterocycles. The molecular weight excluding hydrogens is 506 g/mol. The van der Waals surface area contributed by atoms with Gasteiger partial charge in [0.05, 0.1) is 16.3 Å². The van der Waals surface area contributed by atoms with E-state index in [4.69, 9.17) is 11.6 Å². The van der Waals surface area contributed by atoms with Gasteiger partial charge in [0, 0.05) is 18.3 Å². The fourth-order valence-electron chi connectivity index (χ4n) is 4.08. The van der Waals surface area contributed by atoms with Gasteiger partial charge in [0.25, 0.3) is 0 Å². The number of hydrogen-bond donors (Lipinski definition) is 2. The Kier molecular flexibility index (Phi) is 7.50. The van der Waals surface area contributed by atoms with Gasteiger partial charge in [-0.1, -0.05) is 54.1 Å². The number of aromatic nitrogens is 1. The monoisotopic (exact) mass is 527 g/mol. The van der Waals surface area contributed by atoms with Crippen molar-refractivity contribution < 1.29 is 22.4 Å². The van der Waals surface area contributed by atoms with Crippen molar-refractivity contribution in [2.24, 2.45) is 0 Å². The van der Waals surface area contributed by atoms with Crippen molar-refractivity contribution in [3.05, 3.63) is 130 Å². The maximum Gasteiger partial charge on any atom is 0.416 e. The first kappa shape index (κ1) is 26.2. The maximum atomic E-state index is 13.7. The molecule has 9 heteroatoms. The Morgan fingerprint density at radius 1 is 0.919 bits per heavy atom. The molecule has 3 aromatic carbocycles. The number of nitrogens with one attached hydrogen (secondary N) is 2. The van der Waals surface area contributed by atoms with Crippen LogP contribution in [-0.2, 0) is 18.1 Å². The van der Waals surface area contributed by atoms with E-state index in [0.29, 0.717) is 5.69 Å². The van der Waals surface area contributed by atoms with Crippen LogP contribution >= 0.6 is 11.6 Å². The van der Waals surface area contributed by atoms with E-state index < -0.39 is 29.1 Å². The van der Waals surface area contributed by atoms with Gasteiger partial charge in [-0.15, -0.1) is 0 Å². The summed E-state index contributed by atoms with van der Waals surface area (Å²) in [5.41, 5.74) is -0.0427. The molecule has 190 valence electrons. The smallest absolute Gasteiger partial charge is 0.322 e. The highest BCUT2D eigenvalue weighted by atomic mass is 35.5. The van der Waals surface area contributed by atoms with Gasteiger partial charge >= 0.3 is 12.2 Å². The molecular formula is C28H22ClF4N3O. The van der Waals surface area contributed by atoms with Crippen LogP contribution in [0, 0.1) is 12.7 Å². The molecule has 0 bridgehead atoms. The molecule has 0 aliphatic rings. The summed E-state index contributed by atoms with van der Waals surface area (Å²) in [6.45, 7) is 1.82. The summed E-state index contributed by atoms with van der Waals surface area (Å²) < 4.78 is 54.7. The fraction of sp³-hybridized carbons (Fsp3) is 0.143. The first-order valence-electron chi connectivity index (χ1n) is 11.3. The number of hydrogen-bond acceptors (Lipinski definition) is 2. The topological polar surface area (TPSA) is 54.0 Å². The molecule has 4 aromatic rings. The van der Waals surface area contributed by atoms with Crippen LogP contribution in [0.1, 0.15) is 27.9 Å². The molecule has 0 aliphatic heterocycles. The number of rotatable bonds is 6. The van der Waals surface area contributed by atoms with Crippen molar-refractivity contribution in [2.45, 2.75) is 25.1 Å². The van der Waals surface area contributed by atoms with Crippen LogP contribution in [0.25, 0.3) is 0 Å². The van der Waals surface area contributed by atoms with Gasteiger partial charge < -0.3 is 10.6 Å². The van der Waals surface area contributed by atoms with E-state index in [1.54, 1.807) is 24.3 Å². The Morgan fingerprint density at radius 3 is 2.32 bits per heavy atom. The van der Waals surface area contributed by atoms with E-state index in [1.807, 2.05) is 25.1 Å². The van der Waals surface area contributed by atoms with E-state index in [2.05, 4.69) is 15.6 Å². The molecule has 1 unspecified atom stereocenters. The zero-order chi connectivity index (χ0) is 26.6. The van der Waals surface area contributed by atoms with E-state index in [0.717, 1.165) is 29.3 Å². The van der Waals surface area contributed by atoms with Gasteiger partial charge in [0.2, 0.25) is 0 Å². The molecule has 0 saturated heterocycles. The Morgan fingerprint density at radius 2 is 1.65 bits per heavy atom. The molecule has 4 rings (SSSR count). The Labute approximate surface area is 216 Å². The number of anilines is 1. The molecule has 4 nitrogen and oxygen atoms in total. The number of carbonyl (C=O) groups is 1. The minimum Gasteiger partial charge on any atom is -0.322 e. The number of amides is 2. The second kappa shape index (κ2) is 10.6. The number of pyridine rings is 1. The summed E-state index contributed by atoms with van der Waals surface area (Å²) in [5, 5.41) is 5.29. The van der Waals surface area contributed by atoms with E-state index in [-0.39, 0.29) is 22.7 Å². The van der Waals surface area contributed by atoms with Gasteiger partial charge in [-0.3, -0.25) is 4.98 Å². The van der Waals surface area contributed by atoms with Crippen LogP contribution in [0.15, 0.2) is 91.1 Å². The molecule has 1 heterocycles. The number of aryl methyl sites for hydroxylation is 1. The predicted octanol–water partition coefficient (Wildman–Crippen LogP) is 7.51. The molecule has 0 radical (unpaired) electrons. The van der Waals surface area contributed by atoms with E-state index >= 15 is 0 Å². The van der Waals surface area contributed by atoms with Crippen LogP contribution in [0.5, 0.6) is 0 Å². The summed E-state index contributed by atoms with van der Waals surface area (Å²) in [7, 11) is 0. The summed E-state index contributed by atoms with van der Waals surface area (Å²) in [5.74, 6) is -0.654. The number of nitrogens with zero attached hydrogens (tertiary/aromatic N) is 1. The molecule has 0 fully saturated rings. The Hall–Kier alpha value is -3.91. The van der Waals surface area contributed by atoms with Crippen molar-refractivity contribution in [3.8, 4) is 0 Å². The SMILES string of the molecule is Cc1ccnc(C(Cc2ccccc2)(NC(=O)Nc2ccc(F)c(Cl)c2)c2cccc(C(F)(F)F)c2)c1. The summed E-state index contributed by atoms with van der Waals surface area (Å²) in [4.78, 5) is 17.8. The van der Waals surface area contributed by atoms with Gasteiger partial charge in [0.1, 0.15) is 11.4 Å². The average molecular weight is 528 g/mol. The standard InChI is InChI=1S/C28H22ClF4N3O/c1-18-12-13-34-25(14-18)27(17-19-6-3-2-4-7-19,20-8-5-9-21(15-20)28(31,32)33)36-26(37)35-22-10-11-24(30)23(29)16-22/h2-16H,17H2,1H3,(H2,35,36,37). The molecule has 2 N–H and O–H groups in total. The lowest BCUT2D eigenvalue weighted by Gasteiger charge is -2.36. The lowest BCUT2D eigenvalue weighted by molar-refractivity contribution is -0.137. The lowest BCUT2D eigenvalue weighted by Crippen LogP contribution is -2.50. The van der Waals surface area contributed by atoms with Crippen molar-refractivity contribution in [2.75, 3.05) is 5.32 Å². The largest absolute Gasteiger partial charge is 0.416 e. The van der Waals surface area contributed by atoms with Crippen LogP contribution in [0.3, 0.4) is 0 Å². The second-order valence-electron chi connectivity index (χ2n) is 8.57. The third kappa shape index (κ3) is 6.09. The fourth-order valence-corrected chi connectivity index (χ4v) is 4.26. The van der Waals surface area contributed by atoms with Crippen LogP contribution in [0.2, 0.25) is 5.02 Å². The molecule has 0 spiro atoms. The maximum absolute atomic E-state index is 13.7. The van der Waals surface area contributed by atoms with E-state index in [9.17, 15) is 22.4 Å². The first-order valence-corrected chi connectivity index (χ1v) is 11.6. The van der Waals surface area contributed by atoms with E-state index in [1.165, 1.54) is 30.5 Å². The van der Waals surface area contributed by atoms with Crippen LogP contribution < -0.4 is 10.6 Å². The molecule has 0 saturated carbocycles. The second-order valence-corrected chi connectivity index (χ2v) is 8.98. The van der Waals surface area contributed by atoms with Gasteiger partial charge in [-0.25, -0.2) is 9.18 Å². The summed E-state index contributed by atoms with van der Waals surface area (Å²) in [6, 6.07) is 20.3. The highest BCUT2D eigenvalue weighted by Gasteiger charge is 2.40. The highest BCUT2D eigenvalue weighted by molar-refractivity contribution is 6.31. The van der Waals surface area contributed by atoms with Crippen molar-refractivity contribution in [1.29, 1.82) is 0 Å². The van der Waals surface area contributed by atoms with Gasteiger partial charge in [-0.2, -0.15) is 13.2 Å². The number of carbonyl (C=O) groups excluding carboxylic acids is 1. The lowest BCUT2D eigenvalue weighted by atomic mass is 9.79. The van der Waals surface area contributed by atoms with Gasteiger partial charge in [0.15, 0.2) is 0 Å². The van der Waals surface area contributed by atoms with Crippen molar-refractivity contribution >= 4 is 23.3 Å². The molecule has 37 heavy (non-hydrogen) atoms. The van der Waals surface area contributed by atoms with Crippen molar-refractivity contribution in [1.82, 2.24) is 10.3 Å². The van der Waals surface area contributed by atoms with Crippen LogP contribution in [-0.4, -0.2) is 11.0 Å². The molecule has 0 aliphatic carbocycles.